The van der Waals surface area contributed by atoms with Gasteiger partial charge in [-0.25, -0.2) is 0 Å². The van der Waals surface area contributed by atoms with Gasteiger partial charge in [0.1, 0.15) is 5.75 Å². The van der Waals surface area contributed by atoms with Crippen LogP contribution in [-0.2, 0) is 22.4 Å². The predicted molar refractivity (Wildman–Crippen MR) is 95.9 cm³/mol. The highest BCUT2D eigenvalue weighted by atomic mass is 16.5. The Bertz CT molecular complexity index is 627. The van der Waals surface area contributed by atoms with Crippen LogP contribution in [0.3, 0.4) is 0 Å². The number of hydrogen-bond donors (Lipinski definition) is 0. The molecule has 136 valence electrons. The standard InChI is InChI=1S/C20H28N2O3/c1-2-16-13-22(14-18(16)21-6-9-24-10-7-21)20(23)12-15-3-4-19-17(11-15)5-8-25-19/h3-4,11,16,18H,2,5-10,12-14H2,1H3/t16-,18+/m0/s1. The maximum atomic E-state index is 12.9. The second-order valence-electron chi connectivity index (χ2n) is 7.40. The zero-order valence-electron chi connectivity index (χ0n) is 15.1. The van der Waals surface area contributed by atoms with Crippen molar-refractivity contribution in [1.29, 1.82) is 0 Å². The summed E-state index contributed by atoms with van der Waals surface area (Å²) in [4.78, 5) is 17.5. The Hall–Kier alpha value is -1.59. The van der Waals surface area contributed by atoms with Crippen molar-refractivity contribution in [2.24, 2.45) is 5.92 Å². The molecule has 0 bridgehead atoms. The van der Waals surface area contributed by atoms with Crippen LogP contribution in [0.15, 0.2) is 18.2 Å². The molecule has 0 radical (unpaired) electrons. The number of likely N-dealkylation sites (tertiary alicyclic amines) is 1. The molecule has 5 heteroatoms. The molecule has 0 unspecified atom stereocenters. The molecule has 0 aliphatic carbocycles. The largest absolute Gasteiger partial charge is 0.493 e. The SMILES string of the molecule is CC[C@H]1CN(C(=O)Cc2ccc3c(c2)CCO3)C[C@H]1N1CCOCC1. The second-order valence-corrected chi connectivity index (χ2v) is 7.40. The van der Waals surface area contributed by atoms with Crippen molar-refractivity contribution >= 4 is 5.91 Å². The molecule has 0 saturated carbocycles. The Kier molecular flexibility index (Phi) is 4.95. The molecule has 0 N–H and O–H groups in total. The third-order valence-corrected chi connectivity index (χ3v) is 5.91. The molecule has 1 aromatic carbocycles. The second kappa shape index (κ2) is 7.34. The van der Waals surface area contributed by atoms with Gasteiger partial charge in [-0.2, -0.15) is 0 Å². The molecule has 25 heavy (non-hydrogen) atoms. The molecule has 3 aliphatic rings. The summed E-state index contributed by atoms with van der Waals surface area (Å²) in [5.74, 6) is 1.82. The van der Waals surface area contributed by atoms with Gasteiger partial charge in [-0.05, 0) is 23.1 Å². The highest BCUT2D eigenvalue weighted by Gasteiger charge is 2.37. The zero-order chi connectivity index (χ0) is 17.2. The van der Waals surface area contributed by atoms with Crippen molar-refractivity contribution in [3.05, 3.63) is 29.3 Å². The lowest BCUT2D eigenvalue weighted by Crippen LogP contribution is -2.47. The number of carbonyl (C=O) groups is 1. The van der Waals surface area contributed by atoms with E-state index in [1.165, 1.54) is 5.56 Å². The maximum Gasteiger partial charge on any atom is 0.227 e. The molecule has 2 fully saturated rings. The van der Waals surface area contributed by atoms with Gasteiger partial charge in [0.15, 0.2) is 0 Å². The van der Waals surface area contributed by atoms with E-state index in [0.29, 0.717) is 18.4 Å². The van der Waals surface area contributed by atoms with E-state index >= 15 is 0 Å². The first-order chi connectivity index (χ1) is 12.2. The van der Waals surface area contributed by atoms with Gasteiger partial charge in [0.25, 0.3) is 0 Å². The number of carbonyl (C=O) groups excluding carboxylic acids is 1. The average Bonchev–Trinajstić information content (AvgIpc) is 3.28. The Morgan fingerprint density at radius 3 is 2.84 bits per heavy atom. The van der Waals surface area contributed by atoms with Crippen molar-refractivity contribution in [3.8, 4) is 5.75 Å². The fourth-order valence-corrected chi connectivity index (χ4v) is 4.42. The first-order valence-electron chi connectivity index (χ1n) is 9.58. The van der Waals surface area contributed by atoms with Crippen molar-refractivity contribution < 1.29 is 14.3 Å². The number of rotatable bonds is 4. The monoisotopic (exact) mass is 344 g/mol. The van der Waals surface area contributed by atoms with E-state index < -0.39 is 0 Å². The lowest BCUT2D eigenvalue weighted by Gasteiger charge is -2.34. The van der Waals surface area contributed by atoms with E-state index in [1.54, 1.807) is 0 Å². The topological polar surface area (TPSA) is 42.0 Å². The summed E-state index contributed by atoms with van der Waals surface area (Å²) in [6.45, 7) is 8.39. The summed E-state index contributed by atoms with van der Waals surface area (Å²) in [5.41, 5.74) is 2.35. The van der Waals surface area contributed by atoms with E-state index in [-0.39, 0.29) is 5.91 Å². The number of hydrogen-bond acceptors (Lipinski definition) is 4. The van der Waals surface area contributed by atoms with E-state index in [1.807, 2.05) is 12.1 Å². The fraction of sp³-hybridized carbons (Fsp3) is 0.650. The minimum absolute atomic E-state index is 0.257. The summed E-state index contributed by atoms with van der Waals surface area (Å²) in [7, 11) is 0. The van der Waals surface area contributed by atoms with Crippen molar-refractivity contribution in [3.63, 3.8) is 0 Å². The van der Waals surface area contributed by atoms with Crippen LogP contribution in [0.1, 0.15) is 24.5 Å². The molecule has 2 saturated heterocycles. The smallest absolute Gasteiger partial charge is 0.227 e. The molecule has 5 nitrogen and oxygen atoms in total. The molecule has 0 spiro atoms. The fourth-order valence-electron chi connectivity index (χ4n) is 4.42. The minimum atomic E-state index is 0.257. The van der Waals surface area contributed by atoms with Crippen LogP contribution in [-0.4, -0.2) is 67.7 Å². The molecule has 2 atom stereocenters. The third-order valence-electron chi connectivity index (χ3n) is 5.91. The first kappa shape index (κ1) is 16.9. The van der Waals surface area contributed by atoms with Gasteiger partial charge in [-0.3, -0.25) is 9.69 Å². The van der Waals surface area contributed by atoms with Crippen LogP contribution < -0.4 is 4.74 Å². The molecule has 4 rings (SSSR count). The number of ether oxygens (including phenoxy) is 2. The van der Waals surface area contributed by atoms with Crippen LogP contribution in [0.4, 0.5) is 0 Å². The number of nitrogens with zero attached hydrogens (tertiary/aromatic N) is 2. The number of fused-ring (bicyclic) bond motifs is 1. The molecule has 0 aromatic heterocycles. The van der Waals surface area contributed by atoms with Gasteiger partial charge >= 0.3 is 0 Å². The summed E-state index contributed by atoms with van der Waals surface area (Å²) in [6.07, 6.45) is 2.58. The molecule has 3 aliphatic heterocycles. The van der Waals surface area contributed by atoms with Crippen molar-refractivity contribution in [2.75, 3.05) is 46.0 Å². The lowest BCUT2D eigenvalue weighted by molar-refractivity contribution is -0.129. The summed E-state index contributed by atoms with van der Waals surface area (Å²) >= 11 is 0. The highest BCUT2D eigenvalue weighted by molar-refractivity contribution is 5.79. The van der Waals surface area contributed by atoms with Crippen LogP contribution in [0, 0.1) is 5.92 Å². The quantitative estimate of drug-likeness (QED) is 0.834. The van der Waals surface area contributed by atoms with Gasteiger partial charge in [0.2, 0.25) is 5.91 Å². The molecular weight excluding hydrogens is 316 g/mol. The van der Waals surface area contributed by atoms with Gasteiger partial charge in [-0.1, -0.05) is 25.5 Å². The van der Waals surface area contributed by atoms with Crippen LogP contribution >= 0.6 is 0 Å². The van der Waals surface area contributed by atoms with Crippen molar-refractivity contribution in [2.45, 2.75) is 32.2 Å². The van der Waals surface area contributed by atoms with E-state index in [4.69, 9.17) is 9.47 Å². The summed E-state index contributed by atoms with van der Waals surface area (Å²) in [6, 6.07) is 6.69. The van der Waals surface area contributed by atoms with E-state index in [2.05, 4.69) is 22.8 Å². The highest BCUT2D eigenvalue weighted by Crippen LogP contribution is 2.28. The Morgan fingerprint density at radius 2 is 2.04 bits per heavy atom. The molecule has 1 amide bonds. The number of morpholine rings is 1. The molecular formula is C20H28N2O3. The normalized spacial score (nSPS) is 26.5. The number of benzene rings is 1. The van der Waals surface area contributed by atoms with Crippen molar-refractivity contribution in [1.82, 2.24) is 9.80 Å². The minimum Gasteiger partial charge on any atom is -0.493 e. The predicted octanol–water partition coefficient (Wildman–Crippen LogP) is 1.73. The first-order valence-corrected chi connectivity index (χ1v) is 9.58. The van der Waals surface area contributed by atoms with Crippen LogP contribution in [0.5, 0.6) is 5.75 Å². The van der Waals surface area contributed by atoms with Crippen LogP contribution in [0.2, 0.25) is 0 Å². The van der Waals surface area contributed by atoms with Gasteiger partial charge in [0.05, 0.1) is 26.2 Å². The lowest BCUT2D eigenvalue weighted by atomic mass is 9.99. The van der Waals surface area contributed by atoms with Gasteiger partial charge in [-0.15, -0.1) is 0 Å². The van der Waals surface area contributed by atoms with Gasteiger partial charge < -0.3 is 14.4 Å². The van der Waals surface area contributed by atoms with Gasteiger partial charge in [0, 0.05) is 38.6 Å². The number of amides is 1. The Balaban J connectivity index is 1.40. The van der Waals surface area contributed by atoms with E-state index in [0.717, 1.165) is 70.2 Å². The Morgan fingerprint density at radius 1 is 1.20 bits per heavy atom. The maximum absolute atomic E-state index is 12.9. The third kappa shape index (κ3) is 3.53. The Labute approximate surface area is 149 Å². The molecule has 1 aromatic rings. The average molecular weight is 344 g/mol. The van der Waals surface area contributed by atoms with E-state index in [9.17, 15) is 4.79 Å². The molecule has 3 heterocycles. The zero-order valence-corrected chi connectivity index (χ0v) is 15.1. The van der Waals surface area contributed by atoms with Crippen LogP contribution in [0.25, 0.3) is 0 Å². The summed E-state index contributed by atoms with van der Waals surface area (Å²) < 4.78 is 11.0. The summed E-state index contributed by atoms with van der Waals surface area (Å²) in [5, 5.41) is 0.